The van der Waals surface area contributed by atoms with Gasteiger partial charge < -0.3 is 14.6 Å². The van der Waals surface area contributed by atoms with Crippen LogP contribution in [-0.4, -0.2) is 36.4 Å². The van der Waals surface area contributed by atoms with Crippen molar-refractivity contribution in [1.29, 1.82) is 0 Å². The molecule has 0 amide bonds. The van der Waals surface area contributed by atoms with Crippen LogP contribution in [0, 0.1) is 0 Å². The maximum Gasteiger partial charge on any atom is 0.306 e. The van der Waals surface area contributed by atoms with Gasteiger partial charge in [-0.2, -0.15) is 0 Å². The Balaban J connectivity index is 3.39. The second-order valence-electron chi connectivity index (χ2n) is 24.7. The van der Waals surface area contributed by atoms with Gasteiger partial charge in [0, 0.05) is 12.8 Å². The molecule has 0 aliphatic carbocycles. The van der Waals surface area contributed by atoms with Gasteiger partial charge in [-0.05, 0) is 57.8 Å². The molecule has 0 aromatic heterocycles. The van der Waals surface area contributed by atoms with Crippen molar-refractivity contribution in [1.82, 2.24) is 0 Å². The van der Waals surface area contributed by atoms with E-state index in [-0.39, 0.29) is 25.2 Å². The van der Waals surface area contributed by atoms with Crippen LogP contribution in [0.15, 0.2) is 60.8 Å². The van der Waals surface area contributed by atoms with Crippen molar-refractivity contribution >= 4 is 11.9 Å². The van der Waals surface area contributed by atoms with Crippen LogP contribution in [0.2, 0.25) is 0 Å². The largest absolute Gasteiger partial charge is 0.462 e. The number of hydrogen-bond acceptors (Lipinski definition) is 5. The number of hydrogen-bond donors (Lipinski definition) is 1. The molecule has 0 rings (SSSR count). The zero-order chi connectivity index (χ0) is 58.4. The third-order valence-corrected chi connectivity index (χ3v) is 16.6. The first-order valence-corrected chi connectivity index (χ1v) is 36.3. The first kappa shape index (κ1) is 78.6. The summed E-state index contributed by atoms with van der Waals surface area (Å²) >= 11 is 0. The second-order valence-corrected chi connectivity index (χ2v) is 24.7. The third-order valence-electron chi connectivity index (χ3n) is 16.6. The minimum atomic E-state index is -0.771. The van der Waals surface area contributed by atoms with E-state index >= 15 is 0 Å². The molecule has 0 fully saturated rings. The lowest BCUT2D eigenvalue weighted by Gasteiger charge is -2.15. The molecule has 0 aliphatic heterocycles. The molecule has 0 aromatic carbocycles. The van der Waals surface area contributed by atoms with Crippen molar-refractivity contribution < 1.29 is 24.2 Å². The van der Waals surface area contributed by atoms with Crippen molar-refractivity contribution in [2.75, 3.05) is 13.2 Å². The van der Waals surface area contributed by atoms with Crippen LogP contribution in [0.5, 0.6) is 0 Å². The van der Waals surface area contributed by atoms with Gasteiger partial charge in [0.1, 0.15) is 6.61 Å². The van der Waals surface area contributed by atoms with Crippen LogP contribution in [-0.2, 0) is 19.1 Å². The van der Waals surface area contributed by atoms with Crippen LogP contribution in [0.3, 0.4) is 0 Å². The quantitative estimate of drug-likeness (QED) is 0.0373. The monoisotopic (exact) mass is 1130 g/mol. The van der Waals surface area contributed by atoms with Gasteiger partial charge >= 0.3 is 11.9 Å². The zero-order valence-electron chi connectivity index (χ0n) is 54.6. The molecular weight excluding hydrogens is 993 g/mol. The highest BCUT2D eigenvalue weighted by Crippen LogP contribution is 2.19. The Kier molecular flexibility index (Phi) is 69.7. The summed E-state index contributed by atoms with van der Waals surface area (Å²) in [6.45, 7) is 4.09. The Morgan fingerprint density at radius 1 is 0.296 bits per heavy atom. The van der Waals surface area contributed by atoms with E-state index in [1.165, 1.54) is 302 Å². The Morgan fingerprint density at radius 3 is 0.802 bits per heavy atom. The fourth-order valence-corrected chi connectivity index (χ4v) is 11.2. The molecule has 5 nitrogen and oxygen atoms in total. The van der Waals surface area contributed by atoms with Gasteiger partial charge in [0.25, 0.3) is 0 Å². The predicted molar refractivity (Wildman–Crippen MR) is 357 cm³/mol. The fraction of sp³-hybridized carbons (Fsp3) is 0.842. The standard InChI is InChI=1S/C76H140O5/c1-3-5-7-9-11-13-15-17-19-21-23-25-27-29-31-33-35-37-38-39-41-43-45-47-49-51-53-55-57-59-61-63-65-67-69-71-76(79)81-74(72-77)73-80-75(78)70-68-66-64-62-60-58-56-54-52-50-48-46-44-42-40-36-34-32-30-28-26-24-22-20-18-16-14-12-10-8-6-4-2/h5,7,11,13,17,19,23,25,29,31,74,77H,3-4,6,8-10,12,14-16,18,20-22,24,26-28,30,32-73H2,1-2H3/b7-5-,13-11-,19-17-,25-23-,31-29-. The molecule has 81 heavy (non-hydrogen) atoms. The van der Waals surface area contributed by atoms with Gasteiger partial charge in [0.2, 0.25) is 0 Å². The summed E-state index contributed by atoms with van der Waals surface area (Å²) < 4.78 is 10.8. The summed E-state index contributed by atoms with van der Waals surface area (Å²) in [5.74, 6) is -0.567. The minimum Gasteiger partial charge on any atom is -0.462 e. The topological polar surface area (TPSA) is 72.8 Å². The summed E-state index contributed by atoms with van der Waals surface area (Å²) in [5, 5.41) is 9.71. The van der Waals surface area contributed by atoms with Gasteiger partial charge in [0.05, 0.1) is 6.61 Å². The van der Waals surface area contributed by atoms with Crippen molar-refractivity contribution in [2.24, 2.45) is 0 Å². The number of ether oxygens (including phenoxy) is 2. The van der Waals surface area contributed by atoms with Crippen molar-refractivity contribution in [3.8, 4) is 0 Å². The summed E-state index contributed by atoms with van der Waals surface area (Å²) in [4.78, 5) is 24.7. The Bertz CT molecular complexity index is 1380. The number of rotatable bonds is 68. The predicted octanol–water partition coefficient (Wildman–Crippen LogP) is 25.3. The Labute approximate surface area is 506 Å². The van der Waals surface area contributed by atoms with Crippen LogP contribution >= 0.6 is 0 Å². The number of aliphatic hydroxyl groups is 1. The molecule has 1 N–H and O–H groups in total. The maximum absolute atomic E-state index is 12.4. The number of unbranched alkanes of at least 4 members (excludes halogenated alkanes) is 50. The second kappa shape index (κ2) is 71.9. The number of carbonyl (C=O) groups excluding carboxylic acids is 2. The summed E-state index contributed by atoms with van der Waals surface area (Å²) in [6.07, 6.45) is 98.5. The molecule has 0 bridgehead atoms. The molecule has 0 saturated heterocycles. The van der Waals surface area contributed by atoms with Gasteiger partial charge in [0.15, 0.2) is 6.10 Å². The molecule has 0 aromatic rings. The van der Waals surface area contributed by atoms with Crippen LogP contribution in [0.1, 0.15) is 393 Å². The zero-order valence-corrected chi connectivity index (χ0v) is 54.6. The molecule has 0 spiro atoms. The first-order valence-electron chi connectivity index (χ1n) is 36.3. The lowest BCUT2D eigenvalue weighted by atomic mass is 10.0. The molecule has 1 atom stereocenters. The normalized spacial score (nSPS) is 12.5. The van der Waals surface area contributed by atoms with E-state index in [4.69, 9.17) is 9.47 Å². The van der Waals surface area contributed by atoms with E-state index < -0.39 is 6.10 Å². The molecule has 0 aliphatic rings. The van der Waals surface area contributed by atoms with E-state index in [9.17, 15) is 14.7 Å². The molecule has 0 saturated carbocycles. The van der Waals surface area contributed by atoms with Gasteiger partial charge in [-0.1, -0.05) is 383 Å². The smallest absolute Gasteiger partial charge is 0.306 e. The van der Waals surface area contributed by atoms with Gasteiger partial charge in [-0.3, -0.25) is 9.59 Å². The van der Waals surface area contributed by atoms with Gasteiger partial charge in [-0.15, -0.1) is 0 Å². The molecular formula is C76H140O5. The van der Waals surface area contributed by atoms with E-state index in [2.05, 4.69) is 74.6 Å². The molecule has 1 unspecified atom stereocenters. The number of esters is 2. The van der Waals surface area contributed by atoms with Crippen molar-refractivity contribution in [3.05, 3.63) is 60.8 Å². The van der Waals surface area contributed by atoms with Gasteiger partial charge in [-0.25, -0.2) is 0 Å². The Morgan fingerprint density at radius 2 is 0.531 bits per heavy atom. The highest BCUT2D eigenvalue weighted by Gasteiger charge is 2.16. The summed E-state index contributed by atoms with van der Waals surface area (Å²) in [5.41, 5.74) is 0. The van der Waals surface area contributed by atoms with E-state index in [1.807, 2.05) is 0 Å². The fourth-order valence-electron chi connectivity index (χ4n) is 11.2. The van der Waals surface area contributed by atoms with Crippen molar-refractivity contribution in [3.63, 3.8) is 0 Å². The highest BCUT2D eigenvalue weighted by molar-refractivity contribution is 5.70. The summed E-state index contributed by atoms with van der Waals surface area (Å²) in [6, 6.07) is 0. The van der Waals surface area contributed by atoms with Crippen molar-refractivity contribution in [2.45, 2.75) is 399 Å². The number of aliphatic hydroxyl groups excluding tert-OH is 1. The van der Waals surface area contributed by atoms with Crippen LogP contribution in [0.4, 0.5) is 0 Å². The minimum absolute atomic E-state index is 0.0601. The average molecular weight is 1130 g/mol. The Hall–Kier alpha value is -2.40. The molecule has 474 valence electrons. The SMILES string of the molecule is CC/C=C\C/C=C\C/C=C\C/C=C\C/C=C\CCCCCCCCCCCCCCCCCCCCCC(=O)OC(CO)COC(=O)CCCCCCCCCCCCCCCCCCCCCCCCCCCCCCCCCC. The molecule has 0 radical (unpaired) electrons. The molecule has 5 heteroatoms. The highest BCUT2D eigenvalue weighted by atomic mass is 16.6. The van der Waals surface area contributed by atoms with Crippen LogP contribution in [0.25, 0.3) is 0 Å². The molecule has 0 heterocycles. The van der Waals surface area contributed by atoms with E-state index in [1.54, 1.807) is 0 Å². The first-order chi connectivity index (χ1) is 40.1. The van der Waals surface area contributed by atoms with Crippen LogP contribution < -0.4 is 0 Å². The van der Waals surface area contributed by atoms with E-state index in [0.29, 0.717) is 12.8 Å². The van der Waals surface area contributed by atoms with E-state index in [0.717, 1.165) is 64.2 Å². The number of carbonyl (C=O) groups is 2. The lowest BCUT2D eigenvalue weighted by Crippen LogP contribution is -2.28. The number of allylic oxidation sites excluding steroid dienone is 10. The third kappa shape index (κ3) is 70.0. The summed E-state index contributed by atoms with van der Waals surface area (Å²) in [7, 11) is 0. The maximum atomic E-state index is 12.4. The lowest BCUT2D eigenvalue weighted by molar-refractivity contribution is -0.161. The average Bonchev–Trinajstić information content (AvgIpc) is 3.47.